The summed E-state index contributed by atoms with van der Waals surface area (Å²) in [5.41, 5.74) is 2.50. The molecule has 1 aliphatic rings. The highest BCUT2D eigenvalue weighted by molar-refractivity contribution is 5.77. The van der Waals surface area contributed by atoms with Crippen molar-refractivity contribution in [1.82, 2.24) is 5.48 Å². The molecule has 0 heterocycles. The van der Waals surface area contributed by atoms with Crippen molar-refractivity contribution in [3.8, 4) is 0 Å². The third-order valence-corrected chi connectivity index (χ3v) is 2.79. The highest BCUT2D eigenvalue weighted by atomic mass is 16.7. The molecule has 1 amide bonds. The maximum atomic E-state index is 11.6. The molecule has 0 bridgehead atoms. The first-order valence-electron chi connectivity index (χ1n) is 5.75. The van der Waals surface area contributed by atoms with E-state index in [9.17, 15) is 4.79 Å². The van der Waals surface area contributed by atoms with Gasteiger partial charge in [0.2, 0.25) is 5.91 Å². The molecule has 0 spiro atoms. The molecule has 0 atom stereocenters. The number of amides is 1. The van der Waals surface area contributed by atoms with Crippen LogP contribution in [0.3, 0.4) is 0 Å². The van der Waals surface area contributed by atoms with E-state index >= 15 is 0 Å². The van der Waals surface area contributed by atoms with Crippen molar-refractivity contribution in [2.24, 2.45) is 5.92 Å². The van der Waals surface area contributed by atoms with Crippen LogP contribution in [-0.2, 0) is 14.4 Å². The minimum atomic E-state index is 0.0352. The van der Waals surface area contributed by atoms with Crippen molar-refractivity contribution in [2.45, 2.75) is 38.5 Å². The van der Waals surface area contributed by atoms with Crippen LogP contribution in [0.4, 0.5) is 0 Å². The predicted octanol–water partition coefficient (Wildman–Crippen LogP) is 1.65. The Labute approximate surface area is 91.3 Å². The Bertz CT molecular complexity index is 177. The first-order chi connectivity index (χ1) is 7.34. The number of nitrogens with one attached hydrogen (secondary N) is 1. The molecule has 88 valence electrons. The van der Waals surface area contributed by atoms with Gasteiger partial charge in [-0.2, -0.15) is 0 Å². The largest absolute Gasteiger partial charge is 0.382 e. The molecule has 0 aromatic rings. The zero-order chi connectivity index (χ0) is 10.9. The zero-order valence-electron chi connectivity index (χ0n) is 9.46. The Balaban J connectivity index is 2.14. The number of ether oxygens (including phenoxy) is 1. The van der Waals surface area contributed by atoms with Crippen LogP contribution in [0.15, 0.2) is 0 Å². The number of hydroxylamine groups is 1. The Hall–Kier alpha value is -0.610. The fraction of sp³-hybridized carbons (Fsp3) is 0.909. The molecule has 4 nitrogen and oxygen atoms in total. The highest BCUT2D eigenvalue weighted by Crippen LogP contribution is 2.22. The quantitative estimate of drug-likeness (QED) is 0.431. The van der Waals surface area contributed by atoms with Crippen molar-refractivity contribution in [3.63, 3.8) is 0 Å². The Morgan fingerprint density at radius 1 is 1.20 bits per heavy atom. The van der Waals surface area contributed by atoms with E-state index in [2.05, 4.69) is 5.48 Å². The molecular formula is C11H21NO3. The molecule has 1 fully saturated rings. The lowest BCUT2D eigenvalue weighted by Crippen LogP contribution is -2.31. The lowest BCUT2D eigenvalue weighted by Gasteiger charge is -2.13. The van der Waals surface area contributed by atoms with E-state index < -0.39 is 0 Å². The predicted molar refractivity (Wildman–Crippen MR) is 57.2 cm³/mol. The van der Waals surface area contributed by atoms with Crippen LogP contribution in [0.25, 0.3) is 0 Å². The van der Waals surface area contributed by atoms with Crippen LogP contribution in [0.5, 0.6) is 0 Å². The van der Waals surface area contributed by atoms with Gasteiger partial charge in [-0.1, -0.05) is 25.7 Å². The van der Waals surface area contributed by atoms with Gasteiger partial charge in [-0.25, -0.2) is 5.48 Å². The molecule has 0 saturated heterocycles. The molecule has 1 N–H and O–H groups in total. The van der Waals surface area contributed by atoms with Gasteiger partial charge in [-0.3, -0.25) is 9.63 Å². The van der Waals surface area contributed by atoms with E-state index in [1.54, 1.807) is 7.11 Å². The van der Waals surface area contributed by atoms with Gasteiger partial charge in [0.1, 0.15) is 0 Å². The van der Waals surface area contributed by atoms with Gasteiger partial charge in [0.05, 0.1) is 13.2 Å². The van der Waals surface area contributed by atoms with E-state index in [1.165, 1.54) is 12.8 Å². The highest BCUT2D eigenvalue weighted by Gasteiger charge is 2.19. The summed E-state index contributed by atoms with van der Waals surface area (Å²) in [6, 6.07) is 0. The van der Waals surface area contributed by atoms with Crippen LogP contribution < -0.4 is 5.48 Å². The molecule has 0 aliphatic heterocycles. The summed E-state index contributed by atoms with van der Waals surface area (Å²) in [6.07, 6.45) is 6.84. The number of hydrogen-bond acceptors (Lipinski definition) is 3. The minimum Gasteiger partial charge on any atom is -0.382 e. The molecule has 1 saturated carbocycles. The van der Waals surface area contributed by atoms with Crippen LogP contribution in [0.1, 0.15) is 38.5 Å². The Kier molecular flexibility index (Phi) is 6.36. The second-order valence-corrected chi connectivity index (χ2v) is 4.00. The standard InChI is InChI=1S/C11H21NO3/c1-14-8-9-15-12-11(13)10-6-4-2-3-5-7-10/h10H,2-9H2,1H3,(H,12,13). The van der Waals surface area contributed by atoms with Crippen molar-refractivity contribution in [3.05, 3.63) is 0 Å². The summed E-state index contributed by atoms with van der Waals surface area (Å²) in [7, 11) is 1.61. The first-order valence-corrected chi connectivity index (χ1v) is 5.75. The average molecular weight is 215 g/mol. The summed E-state index contributed by atoms with van der Waals surface area (Å²) in [5.74, 6) is 0.183. The van der Waals surface area contributed by atoms with E-state index in [4.69, 9.17) is 9.57 Å². The molecule has 4 heteroatoms. The molecule has 1 aliphatic carbocycles. The van der Waals surface area contributed by atoms with E-state index in [0.29, 0.717) is 13.2 Å². The maximum absolute atomic E-state index is 11.6. The minimum absolute atomic E-state index is 0.0352. The summed E-state index contributed by atoms with van der Waals surface area (Å²) in [6.45, 7) is 0.917. The number of carbonyl (C=O) groups excluding carboxylic acids is 1. The fourth-order valence-electron chi connectivity index (χ4n) is 1.87. The smallest absolute Gasteiger partial charge is 0.246 e. The van der Waals surface area contributed by atoms with E-state index in [1.807, 2.05) is 0 Å². The lowest BCUT2D eigenvalue weighted by atomic mass is 10.0. The van der Waals surface area contributed by atoms with Gasteiger partial charge in [0, 0.05) is 13.0 Å². The first kappa shape index (κ1) is 12.5. The molecule has 1 rings (SSSR count). The summed E-state index contributed by atoms with van der Waals surface area (Å²) in [4.78, 5) is 16.6. The SMILES string of the molecule is COCCONC(=O)C1CCCCCC1. The topological polar surface area (TPSA) is 47.6 Å². The monoisotopic (exact) mass is 215 g/mol. The number of rotatable bonds is 5. The summed E-state index contributed by atoms with van der Waals surface area (Å²) >= 11 is 0. The van der Waals surface area contributed by atoms with Gasteiger partial charge in [0.15, 0.2) is 0 Å². The van der Waals surface area contributed by atoms with Gasteiger partial charge in [-0.15, -0.1) is 0 Å². The van der Waals surface area contributed by atoms with Gasteiger partial charge in [0.25, 0.3) is 0 Å². The molecule has 0 aromatic heterocycles. The van der Waals surface area contributed by atoms with Crippen molar-refractivity contribution in [2.75, 3.05) is 20.3 Å². The molecule has 0 radical (unpaired) electrons. The Morgan fingerprint density at radius 2 is 1.87 bits per heavy atom. The van der Waals surface area contributed by atoms with E-state index in [0.717, 1.165) is 25.7 Å². The van der Waals surface area contributed by atoms with Gasteiger partial charge in [-0.05, 0) is 12.8 Å². The number of methoxy groups -OCH3 is 1. The molecule has 15 heavy (non-hydrogen) atoms. The van der Waals surface area contributed by atoms with Crippen LogP contribution >= 0.6 is 0 Å². The number of hydrogen-bond donors (Lipinski definition) is 1. The maximum Gasteiger partial charge on any atom is 0.246 e. The third-order valence-electron chi connectivity index (χ3n) is 2.79. The average Bonchev–Trinajstić information content (AvgIpc) is 2.52. The van der Waals surface area contributed by atoms with E-state index in [-0.39, 0.29) is 11.8 Å². The van der Waals surface area contributed by atoms with Crippen molar-refractivity contribution < 1.29 is 14.4 Å². The third kappa shape index (κ3) is 5.14. The number of carbonyl (C=O) groups is 1. The summed E-state index contributed by atoms with van der Waals surface area (Å²) in [5, 5.41) is 0. The van der Waals surface area contributed by atoms with Gasteiger partial charge < -0.3 is 4.74 Å². The Morgan fingerprint density at radius 3 is 2.47 bits per heavy atom. The zero-order valence-corrected chi connectivity index (χ0v) is 9.46. The lowest BCUT2D eigenvalue weighted by molar-refractivity contribution is -0.139. The van der Waals surface area contributed by atoms with Crippen molar-refractivity contribution in [1.29, 1.82) is 0 Å². The van der Waals surface area contributed by atoms with Gasteiger partial charge >= 0.3 is 0 Å². The van der Waals surface area contributed by atoms with Crippen LogP contribution in [-0.4, -0.2) is 26.2 Å². The van der Waals surface area contributed by atoms with Crippen molar-refractivity contribution >= 4 is 5.91 Å². The summed E-state index contributed by atoms with van der Waals surface area (Å²) < 4.78 is 4.81. The second-order valence-electron chi connectivity index (χ2n) is 4.00. The fourth-order valence-corrected chi connectivity index (χ4v) is 1.87. The molecule has 0 aromatic carbocycles. The molecule has 0 unspecified atom stereocenters. The van der Waals surface area contributed by atoms with Crippen LogP contribution in [0, 0.1) is 5.92 Å². The second kappa shape index (κ2) is 7.65. The normalized spacial score (nSPS) is 18.5. The molecular weight excluding hydrogens is 194 g/mol. The van der Waals surface area contributed by atoms with Crippen LogP contribution in [0.2, 0.25) is 0 Å².